The number of hydrogen-bond acceptors (Lipinski definition) is 2. The predicted molar refractivity (Wildman–Crippen MR) is 206 cm³/mol. The molecular formula is C46H35NS. The molecule has 0 aliphatic heterocycles. The van der Waals surface area contributed by atoms with Crippen molar-refractivity contribution in [2.24, 2.45) is 0 Å². The van der Waals surface area contributed by atoms with E-state index < -0.39 is 0 Å². The van der Waals surface area contributed by atoms with Gasteiger partial charge in [-0.15, -0.1) is 11.3 Å². The van der Waals surface area contributed by atoms with Crippen LogP contribution in [0.5, 0.6) is 0 Å². The third kappa shape index (κ3) is 4.67. The molecule has 1 aliphatic carbocycles. The summed E-state index contributed by atoms with van der Waals surface area (Å²) in [7, 11) is 0. The summed E-state index contributed by atoms with van der Waals surface area (Å²) in [6.07, 6.45) is 0.946. The van der Waals surface area contributed by atoms with Crippen molar-refractivity contribution < 1.29 is 0 Å². The van der Waals surface area contributed by atoms with Crippen molar-refractivity contribution in [2.75, 3.05) is 4.90 Å². The number of anilines is 3. The van der Waals surface area contributed by atoms with Crippen molar-refractivity contribution in [3.05, 3.63) is 186 Å². The minimum atomic E-state index is -0.153. The minimum Gasteiger partial charge on any atom is -0.310 e. The van der Waals surface area contributed by atoms with Crippen LogP contribution in [0.4, 0.5) is 17.1 Å². The molecule has 0 atom stereocenters. The van der Waals surface area contributed by atoms with Gasteiger partial charge in [-0.3, -0.25) is 0 Å². The highest BCUT2D eigenvalue weighted by Crippen LogP contribution is 2.49. The first-order chi connectivity index (χ1) is 23.6. The Morgan fingerprint density at radius 3 is 1.90 bits per heavy atom. The lowest BCUT2D eigenvalue weighted by atomic mass is 9.68. The zero-order valence-corrected chi connectivity index (χ0v) is 28.0. The molecule has 1 aromatic heterocycles. The minimum absolute atomic E-state index is 0.153. The smallest absolute Gasteiger partial charge is 0.0505 e. The van der Waals surface area contributed by atoms with E-state index >= 15 is 0 Å². The molecule has 0 saturated heterocycles. The fourth-order valence-corrected chi connectivity index (χ4v) is 9.13. The Kier molecular flexibility index (Phi) is 6.81. The second kappa shape index (κ2) is 11.4. The monoisotopic (exact) mass is 633 g/mol. The average molecular weight is 634 g/mol. The number of rotatable bonds is 5. The van der Waals surface area contributed by atoms with Gasteiger partial charge in [0.1, 0.15) is 0 Å². The number of nitrogens with zero attached hydrogens (tertiary/aromatic N) is 1. The van der Waals surface area contributed by atoms with Gasteiger partial charge in [0, 0.05) is 37.0 Å². The molecule has 0 N–H and O–H groups in total. The molecule has 1 heterocycles. The van der Waals surface area contributed by atoms with Gasteiger partial charge in [-0.25, -0.2) is 0 Å². The maximum absolute atomic E-state index is 2.47. The molecule has 230 valence electrons. The van der Waals surface area contributed by atoms with E-state index in [1.54, 1.807) is 0 Å². The van der Waals surface area contributed by atoms with Gasteiger partial charge in [-0.1, -0.05) is 141 Å². The zero-order chi connectivity index (χ0) is 32.2. The molecule has 0 amide bonds. The molecule has 1 nitrogen and oxygen atoms in total. The number of benzene rings is 7. The van der Waals surface area contributed by atoms with E-state index in [9.17, 15) is 0 Å². The highest BCUT2D eigenvalue weighted by molar-refractivity contribution is 7.26. The molecule has 2 heteroatoms. The summed E-state index contributed by atoms with van der Waals surface area (Å²) < 4.78 is 2.68. The summed E-state index contributed by atoms with van der Waals surface area (Å²) in [6, 6.07) is 60.2. The Balaban J connectivity index is 1.19. The molecule has 0 fully saturated rings. The lowest BCUT2D eigenvalue weighted by Crippen LogP contribution is -2.29. The average Bonchev–Trinajstić information content (AvgIpc) is 3.52. The third-order valence-electron chi connectivity index (χ3n) is 10.1. The maximum Gasteiger partial charge on any atom is 0.0505 e. The van der Waals surface area contributed by atoms with Crippen LogP contribution in [0.1, 0.15) is 36.1 Å². The molecule has 48 heavy (non-hydrogen) atoms. The van der Waals surface area contributed by atoms with E-state index in [4.69, 9.17) is 0 Å². The summed E-state index contributed by atoms with van der Waals surface area (Å²) in [4.78, 5) is 2.47. The first-order valence-electron chi connectivity index (χ1n) is 16.7. The van der Waals surface area contributed by atoms with E-state index in [-0.39, 0.29) is 5.41 Å². The van der Waals surface area contributed by atoms with Crippen LogP contribution in [0.2, 0.25) is 0 Å². The maximum atomic E-state index is 2.47. The van der Waals surface area contributed by atoms with Crippen molar-refractivity contribution in [1.82, 2.24) is 0 Å². The fourth-order valence-electron chi connectivity index (χ4n) is 7.89. The van der Waals surface area contributed by atoms with Gasteiger partial charge in [0.2, 0.25) is 0 Å². The summed E-state index contributed by atoms with van der Waals surface area (Å²) >= 11 is 1.89. The molecule has 7 aromatic carbocycles. The first kappa shape index (κ1) is 28.8. The third-order valence-corrected chi connectivity index (χ3v) is 11.4. The van der Waals surface area contributed by atoms with Crippen molar-refractivity contribution >= 4 is 48.6 Å². The van der Waals surface area contributed by atoms with Gasteiger partial charge in [-0.05, 0) is 87.3 Å². The number of thiophene rings is 1. The van der Waals surface area contributed by atoms with Crippen LogP contribution in [0, 0.1) is 0 Å². The SMILES string of the molecule is CC1(C)c2ccccc2Cc2cccc(N(c3ccc(-c4ccccc4)cc3)c3ccc(-c4cccc5c4sc4ccccc45)cc3)c21. The largest absolute Gasteiger partial charge is 0.310 e. The standard InChI is InChI=1S/C46H35NS/c1-46(2)41-19-8-6-14-34(41)30-35-15-10-20-42(44(35)46)47(36-26-22-32(23-27-36)31-12-4-3-5-13-31)37-28-24-33(25-29-37)38-17-11-18-40-39-16-7-9-21-43(39)48-45(38)40/h3-29H,30H2,1-2H3. The molecule has 0 spiro atoms. The lowest BCUT2D eigenvalue weighted by molar-refractivity contribution is 0.611. The van der Waals surface area contributed by atoms with Crippen molar-refractivity contribution in [2.45, 2.75) is 25.7 Å². The van der Waals surface area contributed by atoms with E-state index in [0.29, 0.717) is 0 Å². The summed E-state index contributed by atoms with van der Waals surface area (Å²) in [5.74, 6) is 0. The second-order valence-electron chi connectivity index (χ2n) is 13.3. The van der Waals surface area contributed by atoms with Crippen LogP contribution < -0.4 is 4.90 Å². The number of hydrogen-bond donors (Lipinski definition) is 0. The lowest BCUT2D eigenvalue weighted by Gasteiger charge is -2.39. The molecule has 8 aromatic rings. The Hall–Kier alpha value is -5.44. The van der Waals surface area contributed by atoms with Crippen LogP contribution in [-0.2, 0) is 11.8 Å². The van der Waals surface area contributed by atoms with E-state index in [1.807, 2.05) is 11.3 Å². The predicted octanol–water partition coefficient (Wildman–Crippen LogP) is 13.1. The summed E-state index contributed by atoms with van der Waals surface area (Å²) in [5, 5.41) is 2.66. The highest BCUT2D eigenvalue weighted by atomic mass is 32.1. The van der Waals surface area contributed by atoms with Crippen LogP contribution in [-0.4, -0.2) is 0 Å². The molecule has 0 saturated carbocycles. The van der Waals surface area contributed by atoms with Gasteiger partial charge in [0.25, 0.3) is 0 Å². The molecule has 0 radical (unpaired) electrons. The van der Waals surface area contributed by atoms with Crippen molar-refractivity contribution in [3.63, 3.8) is 0 Å². The zero-order valence-electron chi connectivity index (χ0n) is 27.2. The first-order valence-corrected chi connectivity index (χ1v) is 17.5. The van der Waals surface area contributed by atoms with Gasteiger partial charge >= 0.3 is 0 Å². The van der Waals surface area contributed by atoms with Crippen molar-refractivity contribution in [1.29, 1.82) is 0 Å². The normalized spacial score (nSPS) is 13.3. The van der Waals surface area contributed by atoms with E-state index in [2.05, 4.69) is 183 Å². The van der Waals surface area contributed by atoms with Gasteiger partial charge in [0.15, 0.2) is 0 Å². The van der Waals surface area contributed by atoms with Crippen molar-refractivity contribution in [3.8, 4) is 22.3 Å². The van der Waals surface area contributed by atoms with Gasteiger partial charge in [-0.2, -0.15) is 0 Å². The summed E-state index contributed by atoms with van der Waals surface area (Å²) in [5.41, 5.74) is 14.0. The summed E-state index contributed by atoms with van der Waals surface area (Å²) in [6.45, 7) is 4.78. The molecule has 1 aliphatic rings. The van der Waals surface area contributed by atoms with Crippen LogP contribution in [0.25, 0.3) is 42.4 Å². The highest BCUT2D eigenvalue weighted by Gasteiger charge is 2.36. The Bertz CT molecular complexity index is 2430. The van der Waals surface area contributed by atoms with Crippen LogP contribution in [0.15, 0.2) is 164 Å². The molecule has 0 bridgehead atoms. The Labute approximate surface area is 286 Å². The van der Waals surface area contributed by atoms with Crippen LogP contribution >= 0.6 is 11.3 Å². The van der Waals surface area contributed by atoms with E-state index in [1.165, 1.54) is 70.4 Å². The van der Waals surface area contributed by atoms with Gasteiger partial charge in [0.05, 0.1) is 5.69 Å². The molecular weight excluding hydrogens is 599 g/mol. The topological polar surface area (TPSA) is 3.24 Å². The Morgan fingerprint density at radius 1 is 0.500 bits per heavy atom. The Morgan fingerprint density at radius 2 is 1.10 bits per heavy atom. The number of fused-ring (bicyclic) bond motifs is 5. The quantitative estimate of drug-likeness (QED) is 0.182. The van der Waals surface area contributed by atoms with Gasteiger partial charge < -0.3 is 4.90 Å². The van der Waals surface area contributed by atoms with Crippen LogP contribution in [0.3, 0.4) is 0 Å². The molecule has 9 rings (SSSR count). The second-order valence-corrected chi connectivity index (χ2v) is 14.4. The molecule has 0 unspecified atom stereocenters. The van der Waals surface area contributed by atoms with E-state index in [0.717, 1.165) is 17.8 Å². The fraction of sp³-hybridized carbons (Fsp3) is 0.0870.